The van der Waals surface area contributed by atoms with Gasteiger partial charge in [0.25, 0.3) is 17.7 Å². The van der Waals surface area contributed by atoms with Crippen molar-refractivity contribution >= 4 is 17.7 Å². The lowest BCUT2D eigenvalue weighted by Crippen LogP contribution is -2.30. The van der Waals surface area contributed by atoms with E-state index in [1.54, 1.807) is 54.6 Å². The van der Waals surface area contributed by atoms with Crippen LogP contribution in [0.4, 0.5) is 0 Å². The zero-order chi connectivity index (χ0) is 39.4. The average Bonchev–Trinajstić information content (AvgIpc) is 3.21. The minimum Gasteiger partial charge on any atom is -0.493 e. The number of hydrogen-bond acceptors (Lipinski definition) is 9. The smallest absolute Gasteiger partial charge is 0.255 e. The Bertz CT molecular complexity index is 1730. The van der Waals surface area contributed by atoms with E-state index in [4.69, 9.17) is 28.4 Å². The molecule has 3 N–H and O–H groups in total. The third-order valence-electron chi connectivity index (χ3n) is 9.47. The highest BCUT2D eigenvalue weighted by Crippen LogP contribution is 2.35. The van der Waals surface area contributed by atoms with Crippen LogP contribution in [-0.2, 0) is 38.9 Å². The Balaban J connectivity index is 1.81. The van der Waals surface area contributed by atoms with Crippen molar-refractivity contribution in [2.75, 3.05) is 42.7 Å². The van der Waals surface area contributed by atoms with Gasteiger partial charge in [-0.3, -0.25) is 14.4 Å². The molecule has 0 saturated heterocycles. The van der Waals surface area contributed by atoms with Crippen LogP contribution in [0.2, 0.25) is 0 Å². The Kier molecular flexibility index (Phi) is 14.6. The van der Waals surface area contributed by atoms with Crippen LogP contribution >= 0.6 is 0 Å². The number of benzene rings is 4. The van der Waals surface area contributed by atoms with Crippen LogP contribution in [0.15, 0.2) is 54.6 Å². The number of rotatable bonds is 18. The van der Waals surface area contributed by atoms with Crippen molar-refractivity contribution in [2.45, 2.75) is 59.7 Å². The van der Waals surface area contributed by atoms with E-state index < -0.39 is 0 Å². The van der Waals surface area contributed by atoms with Crippen LogP contribution in [0.3, 0.4) is 0 Å². The quantitative estimate of drug-likeness (QED) is 0.108. The summed E-state index contributed by atoms with van der Waals surface area (Å²) in [5.74, 6) is 1.30. The van der Waals surface area contributed by atoms with E-state index in [0.717, 1.165) is 33.4 Å². The van der Waals surface area contributed by atoms with Gasteiger partial charge in [-0.2, -0.15) is 0 Å². The molecule has 0 saturated carbocycles. The molecule has 0 spiro atoms. The van der Waals surface area contributed by atoms with Crippen LogP contribution in [0.5, 0.6) is 34.5 Å². The molecular formula is C42H51N3O9. The molecule has 12 nitrogen and oxygen atoms in total. The van der Waals surface area contributed by atoms with E-state index in [-0.39, 0.29) is 37.4 Å². The van der Waals surface area contributed by atoms with Gasteiger partial charge in [0, 0.05) is 19.6 Å². The zero-order valence-electron chi connectivity index (χ0n) is 32.6. The van der Waals surface area contributed by atoms with Gasteiger partial charge in [0.05, 0.1) is 59.3 Å². The van der Waals surface area contributed by atoms with Crippen LogP contribution in [0.25, 0.3) is 0 Å². The van der Waals surface area contributed by atoms with Gasteiger partial charge in [0.1, 0.15) is 0 Å². The normalized spacial score (nSPS) is 10.6. The maximum Gasteiger partial charge on any atom is 0.255 e. The lowest BCUT2D eigenvalue weighted by atomic mass is 9.83. The van der Waals surface area contributed by atoms with Gasteiger partial charge < -0.3 is 44.4 Å². The first-order chi connectivity index (χ1) is 26.2. The van der Waals surface area contributed by atoms with E-state index in [9.17, 15) is 14.4 Å². The van der Waals surface area contributed by atoms with Crippen molar-refractivity contribution < 1.29 is 42.8 Å². The molecule has 0 aliphatic carbocycles. The summed E-state index contributed by atoms with van der Waals surface area (Å²) in [4.78, 5) is 41.2. The molecule has 0 aliphatic heterocycles. The Labute approximate surface area is 317 Å². The molecule has 0 fully saturated rings. The molecule has 4 rings (SSSR count). The summed E-state index contributed by atoms with van der Waals surface area (Å²) in [5.41, 5.74) is 6.75. The lowest BCUT2D eigenvalue weighted by molar-refractivity contribution is 0.0939. The number of para-hydroxylation sites is 3. The third-order valence-corrected chi connectivity index (χ3v) is 9.47. The summed E-state index contributed by atoms with van der Waals surface area (Å²) in [6.45, 7) is 6.72. The Morgan fingerprint density at radius 3 is 0.870 bits per heavy atom. The van der Waals surface area contributed by atoms with Gasteiger partial charge in [-0.25, -0.2) is 0 Å². The topological polar surface area (TPSA) is 143 Å². The van der Waals surface area contributed by atoms with Crippen LogP contribution in [0, 0.1) is 0 Å². The number of methoxy groups -OCH3 is 6. The summed E-state index contributed by atoms with van der Waals surface area (Å²) >= 11 is 0. The largest absolute Gasteiger partial charge is 0.493 e. The predicted molar refractivity (Wildman–Crippen MR) is 207 cm³/mol. The summed E-state index contributed by atoms with van der Waals surface area (Å²) in [6, 6.07) is 15.4. The van der Waals surface area contributed by atoms with Gasteiger partial charge in [0.2, 0.25) is 0 Å². The average molecular weight is 742 g/mol. The van der Waals surface area contributed by atoms with E-state index >= 15 is 0 Å². The first-order valence-electron chi connectivity index (χ1n) is 17.8. The van der Waals surface area contributed by atoms with E-state index in [1.165, 1.54) is 42.7 Å². The third kappa shape index (κ3) is 8.48. The van der Waals surface area contributed by atoms with E-state index in [1.807, 2.05) is 0 Å². The Hall–Kier alpha value is -5.91. The molecule has 0 atom stereocenters. The summed E-state index contributed by atoms with van der Waals surface area (Å²) < 4.78 is 32.9. The van der Waals surface area contributed by atoms with Crippen molar-refractivity contribution in [3.05, 3.63) is 105 Å². The summed E-state index contributed by atoms with van der Waals surface area (Å²) in [6.07, 6.45) is 1.86. The highest BCUT2D eigenvalue weighted by atomic mass is 16.5. The van der Waals surface area contributed by atoms with Crippen molar-refractivity contribution in [3.8, 4) is 34.5 Å². The monoisotopic (exact) mass is 741 g/mol. The Morgan fingerprint density at radius 1 is 0.407 bits per heavy atom. The maximum atomic E-state index is 13.7. The van der Waals surface area contributed by atoms with Gasteiger partial charge in [-0.15, -0.1) is 0 Å². The van der Waals surface area contributed by atoms with Crippen molar-refractivity contribution in [1.29, 1.82) is 0 Å². The Morgan fingerprint density at radius 2 is 0.667 bits per heavy atom. The fraction of sp³-hybridized carbons (Fsp3) is 0.357. The SMILES string of the molecule is CCc1c(CNC(=O)c2cccc(OC)c2OC)c(CC)c(CNC(=O)c2cccc(OC)c2OC)c(CC)c1CNC(=O)c1cccc(OC)c1OC. The molecule has 0 aromatic heterocycles. The van der Waals surface area contributed by atoms with Gasteiger partial charge in [-0.1, -0.05) is 39.0 Å². The standard InChI is InChI=1S/C42H51N3O9/c1-10-25-31(22-43-40(46)28-16-13-19-34(49-4)37(28)52-7)26(11-2)33(24-45-42(48)30-18-15-21-36(51-6)39(30)54-9)27(12-3)32(25)23-44-41(47)29-17-14-20-35(50-5)38(29)53-8/h13-21H,10-12,22-24H2,1-9H3,(H,43,46)(H,44,47)(H,45,48). The molecule has 0 bridgehead atoms. The molecule has 4 aromatic carbocycles. The summed E-state index contributed by atoms with van der Waals surface area (Å²) in [7, 11) is 9.03. The van der Waals surface area contributed by atoms with Crippen molar-refractivity contribution in [3.63, 3.8) is 0 Å². The van der Waals surface area contributed by atoms with Crippen LogP contribution in [-0.4, -0.2) is 60.4 Å². The molecule has 0 radical (unpaired) electrons. The number of carbonyl (C=O) groups is 3. The van der Waals surface area contributed by atoms with E-state index in [0.29, 0.717) is 70.4 Å². The number of nitrogens with one attached hydrogen (secondary N) is 3. The number of hydrogen-bond donors (Lipinski definition) is 3. The molecule has 12 heteroatoms. The summed E-state index contributed by atoms with van der Waals surface area (Å²) in [5, 5.41) is 9.33. The number of carbonyl (C=O) groups excluding carboxylic acids is 3. The molecule has 3 amide bonds. The first-order valence-corrected chi connectivity index (χ1v) is 17.8. The molecule has 4 aromatic rings. The van der Waals surface area contributed by atoms with Crippen molar-refractivity contribution in [2.24, 2.45) is 0 Å². The van der Waals surface area contributed by atoms with Crippen molar-refractivity contribution in [1.82, 2.24) is 16.0 Å². The first kappa shape index (κ1) is 40.9. The second-order valence-corrected chi connectivity index (χ2v) is 12.1. The molecule has 0 aliphatic rings. The minimum absolute atomic E-state index is 0.185. The number of ether oxygens (including phenoxy) is 6. The molecular weight excluding hydrogens is 690 g/mol. The van der Waals surface area contributed by atoms with Gasteiger partial charge in [-0.05, 0) is 89.0 Å². The molecule has 0 heterocycles. The van der Waals surface area contributed by atoms with E-state index in [2.05, 4.69) is 36.7 Å². The second kappa shape index (κ2) is 19.2. The minimum atomic E-state index is -0.339. The molecule has 54 heavy (non-hydrogen) atoms. The zero-order valence-corrected chi connectivity index (χ0v) is 32.6. The van der Waals surface area contributed by atoms with Gasteiger partial charge in [0.15, 0.2) is 34.5 Å². The van der Waals surface area contributed by atoms with Crippen LogP contribution in [0.1, 0.15) is 85.2 Å². The fourth-order valence-corrected chi connectivity index (χ4v) is 7.00. The maximum absolute atomic E-state index is 13.7. The predicted octanol–water partition coefficient (Wildman–Crippen LogP) is 6.22. The number of amides is 3. The highest BCUT2D eigenvalue weighted by molar-refractivity contribution is 5.99. The molecule has 0 unspecified atom stereocenters. The lowest BCUT2D eigenvalue weighted by Gasteiger charge is -2.27. The highest BCUT2D eigenvalue weighted by Gasteiger charge is 2.25. The molecule has 288 valence electrons. The second-order valence-electron chi connectivity index (χ2n) is 12.1. The van der Waals surface area contributed by atoms with Gasteiger partial charge >= 0.3 is 0 Å². The van der Waals surface area contributed by atoms with Crippen LogP contribution < -0.4 is 44.4 Å². The fourth-order valence-electron chi connectivity index (χ4n) is 7.00.